The molecule has 2 heteroatoms. The van der Waals surface area contributed by atoms with Crippen LogP contribution in [0.2, 0.25) is 0 Å². The van der Waals surface area contributed by atoms with Crippen LogP contribution in [0.4, 0.5) is 0 Å². The van der Waals surface area contributed by atoms with Crippen LogP contribution >= 0.6 is 0 Å². The largest absolute Gasteiger partial charge is 0.389 e. The maximum absolute atomic E-state index is 10.1. The fourth-order valence-electron chi connectivity index (χ4n) is 2.78. The number of benzene rings is 1. The lowest BCUT2D eigenvalue weighted by Crippen LogP contribution is -2.45. The summed E-state index contributed by atoms with van der Waals surface area (Å²) in [6.45, 7) is 9.15. The van der Waals surface area contributed by atoms with Crippen molar-refractivity contribution in [2.45, 2.75) is 45.8 Å². The Balaban J connectivity index is 2.10. The van der Waals surface area contributed by atoms with Gasteiger partial charge in [-0.1, -0.05) is 18.2 Å². The first-order chi connectivity index (χ1) is 7.98. The van der Waals surface area contributed by atoms with E-state index in [0.29, 0.717) is 0 Å². The van der Waals surface area contributed by atoms with E-state index in [4.69, 9.17) is 0 Å². The molecule has 0 saturated carbocycles. The zero-order chi connectivity index (χ0) is 12.5. The molecular formula is C15H23NO. The molecule has 1 atom stereocenters. The summed E-state index contributed by atoms with van der Waals surface area (Å²) < 4.78 is 0. The number of aliphatic hydroxyl groups is 1. The van der Waals surface area contributed by atoms with Crippen molar-refractivity contribution in [2.75, 3.05) is 13.1 Å². The van der Waals surface area contributed by atoms with E-state index in [1.54, 1.807) is 0 Å². The summed E-state index contributed by atoms with van der Waals surface area (Å²) in [5.41, 5.74) is 3.63. The Morgan fingerprint density at radius 1 is 1.29 bits per heavy atom. The maximum Gasteiger partial charge on any atom is 0.0746 e. The van der Waals surface area contributed by atoms with Crippen molar-refractivity contribution in [1.82, 2.24) is 4.90 Å². The summed E-state index contributed by atoms with van der Waals surface area (Å²) in [7, 11) is 0. The van der Waals surface area contributed by atoms with Crippen LogP contribution < -0.4 is 0 Å². The molecule has 1 aliphatic heterocycles. The van der Waals surface area contributed by atoms with Gasteiger partial charge in [0.2, 0.25) is 0 Å². The van der Waals surface area contributed by atoms with Crippen molar-refractivity contribution >= 4 is 0 Å². The number of aryl methyl sites for hydroxylation is 2. The van der Waals surface area contributed by atoms with Gasteiger partial charge in [-0.2, -0.15) is 0 Å². The Labute approximate surface area is 104 Å². The van der Waals surface area contributed by atoms with Crippen molar-refractivity contribution < 1.29 is 5.11 Å². The molecule has 2 nitrogen and oxygen atoms in total. The Hall–Kier alpha value is -0.860. The van der Waals surface area contributed by atoms with Crippen LogP contribution in [0.3, 0.4) is 0 Å². The number of nitrogens with zero attached hydrogens (tertiary/aromatic N) is 1. The molecule has 1 aromatic carbocycles. The summed E-state index contributed by atoms with van der Waals surface area (Å²) in [4.78, 5) is 2.37. The van der Waals surface area contributed by atoms with Gasteiger partial charge in [0.05, 0.1) is 5.60 Å². The first-order valence-electron chi connectivity index (χ1n) is 6.48. The Morgan fingerprint density at radius 2 is 1.94 bits per heavy atom. The average molecular weight is 233 g/mol. The lowest BCUT2D eigenvalue weighted by Gasteiger charge is -2.37. The van der Waals surface area contributed by atoms with E-state index >= 15 is 0 Å². The molecule has 0 aliphatic carbocycles. The van der Waals surface area contributed by atoms with Gasteiger partial charge in [0, 0.05) is 13.1 Å². The van der Waals surface area contributed by atoms with Crippen LogP contribution in [-0.4, -0.2) is 28.7 Å². The molecule has 1 fully saturated rings. The highest BCUT2D eigenvalue weighted by atomic mass is 16.3. The summed E-state index contributed by atoms with van der Waals surface area (Å²) in [6, 6.07) is 6.45. The van der Waals surface area contributed by atoms with Gasteiger partial charge in [-0.3, -0.25) is 4.90 Å². The first kappa shape index (κ1) is 12.6. The number of rotatable bonds is 2. The molecule has 1 saturated heterocycles. The minimum atomic E-state index is -0.505. The van der Waals surface area contributed by atoms with Crippen molar-refractivity contribution in [3.05, 3.63) is 34.9 Å². The van der Waals surface area contributed by atoms with Gasteiger partial charge in [0.25, 0.3) is 0 Å². The molecule has 1 aliphatic rings. The van der Waals surface area contributed by atoms with E-state index in [1.165, 1.54) is 16.7 Å². The molecule has 94 valence electrons. The average Bonchev–Trinajstić information content (AvgIpc) is 2.22. The van der Waals surface area contributed by atoms with E-state index in [9.17, 15) is 5.11 Å². The van der Waals surface area contributed by atoms with Gasteiger partial charge in [-0.15, -0.1) is 0 Å². The van der Waals surface area contributed by atoms with E-state index in [2.05, 4.69) is 36.9 Å². The lowest BCUT2D eigenvalue weighted by atomic mass is 9.94. The minimum Gasteiger partial charge on any atom is -0.389 e. The van der Waals surface area contributed by atoms with E-state index < -0.39 is 5.60 Å². The Kier molecular flexibility index (Phi) is 3.55. The minimum absolute atomic E-state index is 0.505. The first-order valence-corrected chi connectivity index (χ1v) is 6.48. The molecule has 1 N–H and O–H groups in total. The molecule has 1 heterocycles. The van der Waals surface area contributed by atoms with Crippen LogP contribution in [-0.2, 0) is 6.54 Å². The van der Waals surface area contributed by atoms with E-state index in [1.807, 2.05) is 6.92 Å². The third-order valence-corrected chi connectivity index (χ3v) is 3.78. The molecule has 0 bridgehead atoms. The molecule has 1 aromatic rings. The van der Waals surface area contributed by atoms with Gasteiger partial charge >= 0.3 is 0 Å². The predicted molar refractivity (Wildman–Crippen MR) is 71.1 cm³/mol. The van der Waals surface area contributed by atoms with Crippen LogP contribution in [0.1, 0.15) is 36.5 Å². The maximum atomic E-state index is 10.1. The number of piperidine rings is 1. The van der Waals surface area contributed by atoms with E-state index in [-0.39, 0.29) is 0 Å². The van der Waals surface area contributed by atoms with Gasteiger partial charge < -0.3 is 5.11 Å². The van der Waals surface area contributed by atoms with Gasteiger partial charge in [0.15, 0.2) is 0 Å². The topological polar surface area (TPSA) is 23.5 Å². The highest BCUT2D eigenvalue weighted by Crippen LogP contribution is 2.23. The second-order valence-corrected chi connectivity index (χ2v) is 5.68. The normalized spacial score (nSPS) is 26.1. The van der Waals surface area contributed by atoms with Gasteiger partial charge in [-0.25, -0.2) is 0 Å². The van der Waals surface area contributed by atoms with Crippen LogP contribution in [0.15, 0.2) is 18.2 Å². The smallest absolute Gasteiger partial charge is 0.0746 e. The zero-order valence-corrected chi connectivity index (χ0v) is 11.2. The lowest BCUT2D eigenvalue weighted by molar-refractivity contribution is -0.0182. The van der Waals surface area contributed by atoms with Crippen molar-refractivity contribution in [3.8, 4) is 0 Å². The monoisotopic (exact) mass is 233 g/mol. The van der Waals surface area contributed by atoms with Crippen molar-refractivity contribution in [2.24, 2.45) is 0 Å². The highest BCUT2D eigenvalue weighted by Gasteiger charge is 2.28. The molecule has 0 amide bonds. The third-order valence-electron chi connectivity index (χ3n) is 3.78. The quantitative estimate of drug-likeness (QED) is 0.849. The highest BCUT2D eigenvalue weighted by molar-refractivity contribution is 5.33. The summed E-state index contributed by atoms with van der Waals surface area (Å²) >= 11 is 0. The third kappa shape index (κ3) is 3.08. The molecule has 17 heavy (non-hydrogen) atoms. The van der Waals surface area contributed by atoms with Gasteiger partial charge in [0.1, 0.15) is 0 Å². The van der Waals surface area contributed by atoms with Crippen molar-refractivity contribution in [3.63, 3.8) is 0 Å². The molecular weight excluding hydrogens is 210 g/mol. The Morgan fingerprint density at radius 3 is 2.53 bits per heavy atom. The SMILES string of the molecule is Cc1cccc(C)c1CN1CCCC(C)(O)C1. The van der Waals surface area contributed by atoms with Crippen LogP contribution in [0.5, 0.6) is 0 Å². The fraction of sp³-hybridized carbons (Fsp3) is 0.600. The predicted octanol–water partition coefficient (Wildman–Crippen LogP) is 2.65. The van der Waals surface area contributed by atoms with E-state index in [0.717, 1.165) is 32.5 Å². The van der Waals surface area contributed by atoms with Crippen LogP contribution in [0, 0.1) is 13.8 Å². The van der Waals surface area contributed by atoms with Crippen molar-refractivity contribution in [1.29, 1.82) is 0 Å². The summed E-state index contributed by atoms with van der Waals surface area (Å²) in [6.07, 6.45) is 2.02. The summed E-state index contributed by atoms with van der Waals surface area (Å²) in [5.74, 6) is 0. The Bertz CT molecular complexity index is 378. The standard InChI is InChI=1S/C15H23NO/c1-12-6-4-7-13(2)14(12)10-16-9-5-8-15(3,17)11-16/h4,6-7,17H,5,8-11H2,1-3H3. The molecule has 0 radical (unpaired) electrons. The van der Waals surface area contributed by atoms with Gasteiger partial charge in [-0.05, 0) is 56.8 Å². The van der Waals surface area contributed by atoms with Crippen LogP contribution in [0.25, 0.3) is 0 Å². The zero-order valence-electron chi connectivity index (χ0n) is 11.2. The number of hydrogen-bond donors (Lipinski definition) is 1. The second-order valence-electron chi connectivity index (χ2n) is 5.68. The fourth-order valence-corrected chi connectivity index (χ4v) is 2.78. The second kappa shape index (κ2) is 4.79. The molecule has 2 rings (SSSR count). The molecule has 0 aromatic heterocycles. The number of β-amino-alcohol motifs (C(OH)–C–C–N with tert-alkyl or cyclic N) is 1. The number of hydrogen-bond acceptors (Lipinski definition) is 2. The summed E-state index contributed by atoms with van der Waals surface area (Å²) in [5, 5.41) is 10.1. The molecule has 0 spiro atoms. The molecule has 1 unspecified atom stereocenters. The number of likely N-dealkylation sites (tertiary alicyclic amines) is 1.